The number of fused-ring (bicyclic) bond motifs is 1. The summed E-state index contributed by atoms with van der Waals surface area (Å²) in [4.78, 5) is 0. The summed E-state index contributed by atoms with van der Waals surface area (Å²) in [5.41, 5.74) is 1.05. The molecule has 3 nitrogen and oxygen atoms in total. The van der Waals surface area contributed by atoms with Gasteiger partial charge in [0, 0.05) is 0 Å². The minimum atomic E-state index is -0.0973. The van der Waals surface area contributed by atoms with Crippen LogP contribution >= 0.6 is 11.6 Å². The summed E-state index contributed by atoms with van der Waals surface area (Å²) in [7, 11) is 0. The van der Waals surface area contributed by atoms with Gasteiger partial charge in [-0.15, -0.1) is 0 Å². The van der Waals surface area contributed by atoms with Crippen LogP contribution in [0.2, 0.25) is 0 Å². The monoisotopic (exact) mass is 180 g/mol. The van der Waals surface area contributed by atoms with Crippen molar-refractivity contribution in [2.75, 3.05) is 0 Å². The number of rotatable bonds is 1. The van der Waals surface area contributed by atoms with E-state index in [9.17, 15) is 0 Å². The first kappa shape index (κ1) is 7.31. The third-order valence-corrected chi connectivity index (χ3v) is 1.76. The van der Waals surface area contributed by atoms with Crippen molar-refractivity contribution < 1.29 is 4.52 Å². The van der Waals surface area contributed by atoms with Gasteiger partial charge in [-0.1, -0.05) is 28.9 Å². The van der Waals surface area contributed by atoms with Crippen molar-refractivity contribution in [1.29, 1.82) is 5.41 Å². The highest BCUT2D eigenvalue weighted by Crippen LogP contribution is 2.18. The van der Waals surface area contributed by atoms with Gasteiger partial charge in [0.1, 0.15) is 0 Å². The van der Waals surface area contributed by atoms with Crippen LogP contribution in [0, 0.1) is 5.41 Å². The molecule has 1 aromatic heterocycles. The molecule has 0 spiro atoms. The molecule has 0 saturated carbocycles. The fourth-order valence-corrected chi connectivity index (χ4v) is 1.18. The molecule has 4 heteroatoms. The second-order valence-corrected chi connectivity index (χ2v) is 2.72. The van der Waals surface area contributed by atoms with Gasteiger partial charge in [-0.05, 0) is 12.1 Å². The Morgan fingerprint density at radius 3 is 2.92 bits per heavy atom. The highest BCUT2D eigenvalue weighted by Gasteiger charge is 2.09. The molecule has 0 fully saturated rings. The van der Waals surface area contributed by atoms with E-state index in [-0.39, 0.29) is 5.17 Å². The first-order valence-corrected chi connectivity index (χ1v) is 3.75. The number of aromatic nitrogens is 1. The van der Waals surface area contributed by atoms with E-state index < -0.39 is 0 Å². The van der Waals surface area contributed by atoms with Crippen LogP contribution in [0.1, 0.15) is 5.69 Å². The molecule has 0 unspecified atom stereocenters. The maximum atomic E-state index is 7.18. The molecule has 12 heavy (non-hydrogen) atoms. The summed E-state index contributed by atoms with van der Waals surface area (Å²) in [6.07, 6.45) is 0. The molecule has 0 saturated heterocycles. The van der Waals surface area contributed by atoms with E-state index in [0.29, 0.717) is 11.3 Å². The van der Waals surface area contributed by atoms with Crippen molar-refractivity contribution in [1.82, 2.24) is 5.16 Å². The quantitative estimate of drug-likeness (QED) is 0.685. The Labute approximate surface area is 73.4 Å². The van der Waals surface area contributed by atoms with E-state index in [2.05, 4.69) is 5.16 Å². The summed E-state index contributed by atoms with van der Waals surface area (Å²) < 4.78 is 4.94. The third kappa shape index (κ3) is 0.987. The smallest absolute Gasteiger partial charge is 0.167 e. The molecular formula is C8H5ClN2O. The zero-order valence-corrected chi connectivity index (χ0v) is 6.80. The van der Waals surface area contributed by atoms with Crippen molar-refractivity contribution in [2.24, 2.45) is 0 Å². The first-order chi connectivity index (χ1) is 5.79. The molecule has 1 N–H and O–H groups in total. The largest absolute Gasteiger partial charge is 0.356 e. The van der Waals surface area contributed by atoms with Crippen LogP contribution in [-0.2, 0) is 0 Å². The lowest BCUT2D eigenvalue weighted by Crippen LogP contribution is -1.87. The fourth-order valence-electron chi connectivity index (χ4n) is 1.04. The number of nitrogens with zero attached hydrogens (tertiary/aromatic N) is 1. The number of halogens is 1. The van der Waals surface area contributed by atoms with Crippen LogP contribution in [0.25, 0.3) is 11.0 Å². The molecule has 0 aliphatic heterocycles. The minimum Gasteiger partial charge on any atom is -0.356 e. The van der Waals surface area contributed by atoms with Crippen LogP contribution in [0.4, 0.5) is 0 Å². The van der Waals surface area contributed by atoms with Gasteiger partial charge in [-0.3, -0.25) is 5.41 Å². The lowest BCUT2D eigenvalue weighted by molar-refractivity contribution is 0.455. The van der Waals surface area contributed by atoms with E-state index in [0.717, 1.165) is 5.39 Å². The van der Waals surface area contributed by atoms with Crippen molar-refractivity contribution >= 4 is 27.7 Å². The molecule has 0 atom stereocenters. The maximum Gasteiger partial charge on any atom is 0.167 e. The predicted molar refractivity (Wildman–Crippen MR) is 46.7 cm³/mol. The minimum absolute atomic E-state index is 0.0973. The summed E-state index contributed by atoms with van der Waals surface area (Å²) in [5, 5.41) is 11.5. The van der Waals surface area contributed by atoms with Gasteiger partial charge in [0.25, 0.3) is 0 Å². The highest BCUT2D eigenvalue weighted by molar-refractivity contribution is 6.69. The molecule has 0 radical (unpaired) electrons. The SMILES string of the molecule is N=C(Cl)c1noc2ccccc12. The van der Waals surface area contributed by atoms with Gasteiger partial charge in [0.15, 0.2) is 16.4 Å². The Kier molecular flexibility index (Phi) is 1.59. The van der Waals surface area contributed by atoms with E-state index >= 15 is 0 Å². The standard InChI is InChI=1S/C8H5ClN2O/c9-8(10)7-5-3-1-2-4-6(5)12-11-7/h1-4,10H. The Morgan fingerprint density at radius 2 is 2.17 bits per heavy atom. The molecule has 1 heterocycles. The van der Waals surface area contributed by atoms with E-state index in [1.165, 1.54) is 0 Å². The molecule has 2 rings (SSSR count). The van der Waals surface area contributed by atoms with Crippen molar-refractivity contribution in [3.05, 3.63) is 30.0 Å². The van der Waals surface area contributed by atoms with Crippen LogP contribution < -0.4 is 0 Å². The van der Waals surface area contributed by atoms with Crippen molar-refractivity contribution in [3.63, 3.8) is 0 Å². The summed E-state index contributed by atoms with van der Waals surface area (Å²) in [6, 6.07) is 7.29. The number of hydrogen-bond donors (Lipinski definition) is 1. The zero-order chi connectivity index (χ0) is 8.55. The number of nitrogens with one attached hydrogen (secondary N) is 1. The normalized spacial score (nSPS) is 10.4. The van der Waals surface area contributed by atoms with Crippen LogP contribution in [-0.4, -0.2) is 10.3 Å². The van der Waals surface area contributed by atoms with Crippen molar-refractivity contribution in [3.8, 4) is 0 Å². The fraction of sp³-hybridized carbons (Fsp3) is 0. The second-order valence-electron chi connectivity index (χ2n) is 2.34. The predicted octanol–water partition coefficient (Wildman–Crippen LogP) is 2.39. The molecule has 0 amide bonds. The van der Waals surface area contributed by atoms with Crippen LogP contribution in [0.3, 0.4) is 0 Å². The molecular weight excluding hydrogens is 176 g/mol. The molecule has 60 valence electrons. The number of para-hydroxylation sites is 1. The lowest BCUT2D eigenvalue weighted by atomic mass is 10.2. The average molecular weight is 181 g/mol. The van der Waals surface area contributed by atoms with E-state index in [1.54, 1.807) is 6.07 Å². The Hall–Kier alpha value is -1.35. The van der Waals surface area contributed by atoms with E-state index in [1.807, 2.05) is 18.2 Å². The Morgan fingerprint density at radius 1 is 1.42 bits per heavy atom. The average Bonchev–Trinajstić information content (AvgIpc) is 2.47. The molecule has 0 bridgehead atoms. The van der Waals surface area contributed by atoms with Crippen molar-refractivity contribution in [2.45, 2.75) is 0 Å². The highest BCUT2D eigenvalue weighted by atomic mass is 35.5. The number of hydrogen-bond acceptors (Lipinski definition) is 3. The van der Waals surface area contributed by atoms with Gasteiger partial charge < -0.3 is 4.52 Å². The maximum absolute atomic E-state index is 7.18. The van der Waals surface area contributed by atoms with Gasteiger partial charge in [0.05, 0.1) is 5.39 Å². The van der Waals surface area contributed by atoms with E-state index in [4.69, 9.17) is 21.5 Å². The summed E-state index contributed by atoms with van der Waals surface area (Å²) in [5.74, 6) is 0. The van der Waals surface area contributed by atoms with Gasteiger partial charge in [0.2, 0.25) is 0 Å². The Balaban J connectivity index is 2.79. The Bertz CT molecular complexity index is 435. The molecule has 0 aliphatic rings. The first-order valence-electron chi connectivity index (χ1n) is 3.38. The van der Waals surface area contributed by atoms with Gasteiger partial charge >= 0.3 is 0 Å². The zero-order valence-electron chi connectivity index (χ0n) is 6.04. The van der Waals surface area contributed by atoms with Gasteiger partial charge in [-0.25, -0.2) is 0 Å². The lowest BCUT2D eigenvalue weighted by Gasteiger charge is -1.86. The molecule has 0 aliphatic carbocycles. The topological polar surface area (TPSA) is 49.9 Å². The third-order valence-electron chi connectivity index (χ3n) is 1.59. The van der Waals surface area contributed by atoms with Crippen LogP contribution in [0.5, 0.6) is 0 Å². The summed E-state index contributed by atoms with van der Waals surface area (Å²) >= 11 is 5.48. The molecule has 2 aromatic rings. The van der Waals surface area contributed by atoms with Gasteiger partial charge in [-0.2, -0.15) is 0 Å². The summed E-state index contributed by atoms with van der Waals surface area (Å²) in [6.45, 7) is 0. The van der Waals surface area contributed by atoms with Crippen LogP contribution in [0.15, 0.2) is 28.8 Å². The number of benzene rings is 1. The molecule has 1 aromatic carbocycles. The second kappa shape index (κ2) is 2.60.